The van der Waals surface area contributed by atoms with Crippen molar-refractivity contribution in [1.82, 2.24) is 4.98 Å². The fourth-order valence-corrected chi connectivity index (χ4v) is 1.69. The summed E-state index contributed by atoms with van der Waals surface area (Å²) < 4.78 is 4.66. The maximum absolute atomic E-state index is 11.4. The summed E-state index contributed by atoms with van der Waals surface area (Å²) in [6.45, 7) is 1.94. The molecule has 9 heteroatoms. The lowest BCUT2D eigenvalue weighted by Crippen LogP contribution is -2.14. The standard InChI is InChI=1S/C9H11N3O5S/c1-2-17-8(14)4-3-6(13)11-9-10-5-7(18-9)12(15)16/h5H,2-4H2,1H3,(H,10,11,13). The lowest BCUT2D eigenvalue weighted by molar-refractivity contribution is -0.380. The second-order valence-electron chi connectivity index (χ2n) is 3.11. The molecule has 0 atom stereocenters. The van der Waals surface area contributed by atoms with Gasteiger partial charge in [-0.05, 0) is 18.3 Å². The number of esters is 1. The van der Waals surface area contributed by atoms with Crippen molar-refractivity contribution < 1.29 is 19.2 Å². The van der Waals surface area contributed by atoms with E-state index in [9.17, 15) is 19.7 Å². The van der Waals surface area contributed by atoms with Crippen molar-refractivity contribution in [3.05, 3.63) is 16.3 Å². The zero-order valence-electron chi connectivity index (χ0n) is 9.54. The molecule has 0 aliphatic heterocycles. The van der Waals surface area contributed by atoms with Crippen LogP contribution < -0.4 is 5.32 Å². The van der Waals surface area contributed by atoms with E-state index >= 15 is 0 Å². The molecule has 1 amide bonds. The summed E-state index contributed by atoms with van der Waals surface area (Å²) in [6.07, 6.45) is 0.977. The highest BCUT2D eigenvalue weighted by molar-refractivity contribution is 7.18. The number of aromatic nitrogens is 1. The molecule has 8 nitrogen and oxygen atoms in total. The zero-order valence-corrected chi connectivity index (χ0v) is 10.4. The molecule has 0 fully saturated rings. The Morgan fingerprint density at radius 3 is 2.83 bits per heavy atom. The van der Waals surface area contributed by atoms with Gasteiger partial charge in [-0.15, -0.1) is 0 Å². The first-order chi connectivity index (χ1) is 8.52. The fourth-order valence-electron chi connectivity index (χ4n) is 1.04. The van der Waals surface area contributed by atoms with Gasteiger partial charge in [0.1, 0.15) is 6.20 Å². The Morgan fingerprint density at radius 2 is 2.28 bits per heavy atom. The smallest absolute Gasteiger partial charge is 0.345 e. The Morgan fingerprint density at radius 1 is 1.56 bits per heavy atom. The van der Waals surface area contributed by atoms with Crippen molar-refractivity contribution in [2.75, 3.05) is 11.9 Å². The number of carbonyl (C=O) groups is 2. The second-order valence-corrected chi connectivity index (χ2v) is 4.12. The second kappa shape index (κ2) is 6.64. The van der Waals surface area contributed by atoms with Crippen molar-refractivity contribution in [3.8, 4) is 0 Å². The van der Waals surface area contributed by atoms with E-state index < -0.39 is 16.8 Å². The van der Waals surface area contributed by atoms with E-state index in [1.807, 2.05) is 0 Å². The first-order valence-corrected chi connectivity index (χ1v) is 5.90. The number of nitrogens with one attached hydrogen (secondary N) is 1. The molecule has 0 saturated carbocycles. The number of nitro groups is 1. The number of ether oxygens (including phenoxy) is 1. The third kappa shape index (κ3) is 4.45. The predicted octanol–water partition coefficient (Wildman–Crippen LogP) is 1.33. The van der Waals surface area contributed by atoms with Crippen LogP contribution in [0.3, 0.4) is 0 Å². The van der Waals surface area contributed by atoms with Crippen LogP contribution in [0.2, 0.25) is 0 Å². The molecule has 1 N–H and O–H groups in total. The van der Waals surface area contributed by atoms with Gasteiger partial charge in [-0.1, -0.05) is 0 Å². The highest BCUT2D eigenvalue weighted by atomic mass is 32.1. The zero-order chi connectivity index (χ0) is 13.5. The van der Waals surface area contributed by atoms with Crippen LogP contribution in [-0.2, 0) is 14.3 Å². The number of hydrogen-bond acceptors (Lipinski definition) is 7. The van der Waals surface area contributed by atoms with Crippen molar-refractivity contribution in [1.29, 1.82) is 0 Å². The molecule has 1 aromatic heterocycles. The molecule has 0 unspecified atom stereocenters. The van der Waals surface area contributed by atoms with E-state index in [1.165, 1.54) is 0 Å². The maximum Gasteiger partial charge on any atom is 0.345 e. The number of amides is 1. The molecule has 18 heavy (non-hydrogen) atoms. The Balaban J connectivity index is 2.39. The summed E-state index contributed by atoms with van der Waals surface area (Å²) in [4.78, 5) is 35.8. The molecule has 98 valence electrons. The Hall–Kier alpha value is -2.03. The quantitative estimate of drug-likeness (QED) is 0.475. The van der Waals surface area contributed by atoms with Crippen molar-refractivity contribution >= 4 is 33.3 Å². The van der Waals surface area contributed by atoms with Gasteiger partial charge in [-0.3, -0.25) is 19.7 Å². The van der Waals surface area contributed by atoms with Crippen LogP contribution in [0.5, 0.6) is 0 Å². The average Bonchev–Trinajstić information content (AvgIpc) is 2.75. The van der Waals surface area contributed by atoms with Gasteiger partial charge in [0.25, 0.3) is 0 Å². The number of rotatable bonds is 6. The van der Waals surface area contributed by atoms with Crippen LogP contribution in [0.15, 0.2) is 6.20 Å². The number of hydrogen-bond donors (Lipinski definition) is 1. The lowest BCUT2D eigenvalue weighted by Gasteiger charge is -2.01. The Labute approximate surface area is 106 Å². The van der Waals surface area contributed by atoms with Gasteiger partial charge in [-0.2, -0.15) is 0 Å². The summed E-state index contributed by atoms with van der Waals surface area (Å²) in [5.41, 5.74) is 0. The van der Waals surface area contributed by atoms with Crippen LogP contribution in [-0.4, -0.2) is 28.4 Å². The van der Waals surface area contributed by atoms with Gasteiger partial charge in [0, 0.05) is 6.42 Å². The number of carbonyl (C=O) groups excluding carboxylic acids is 2. The molecule has 0 aliphatic carbocycles. The van der Waals surface area contributed by atoms with Crippen molar-refractivity contribution in [3.63, 3.8) is 0 Å². The summed E-state index contributed by atoms with van der Waals surface area (Å²) in [5, 5.41) is 12.7. The SMILES string of the molecule is CCOC(=O)CCC(=O)Nc1ncc([N+](=O)[O-])s1. The van der Waals surface area contributed by atoms with Crippen molar-refractivity contribution in [2.45, 2.75) is 19.8 Å². The van der Waals surface area contributed by atoms with Gasteiger partial charge in [0.15, 0.2) is 5.13 Å². The molecule has 0 aliphatic rings. The molecular formula is C9H11N3O5S. The fraction of sp³-hybridized carbons (Fsp3) is 0.444. The van der Waals surface area contributed by atoms with Gasteiger partial charge in [-0.25, -0.2) is 4.98 Å². The van der Waals surface area contributed by atoms with Crippen LogP contribution in [0.25, 0.3) is 0 Å². The number of thiazole rings is 1. The minimum Gasteiger partial charge on any atom is -0.466 e. The van der Waals surface area contributed by atoms with Gasteiger partial charge >= 0.3 is 11.0 Å². The van der Waals surface area contributed by atoms with E-state index in [-0.39, 0.29) is 29.6 Å². The van der Waals surface area contributed by atoms with Crippen LogP contribution in [0.4, 0.5) is 10.1 Å². The molecule has 1 heterocycles. The van der Waals surface area contributed by atoms with E-state index in [0.29, 0.717) is 0 Å². The summed E-state index contributed by atoms with van der Waals surface area (Å²) in [6, 6.07) is 0. The summed E-state index contributed by atoms with van der Waals surface area (Å²) >= 11 is 0.756. The third-order valence-corrected chi connectivity index (χ3v) is 2.65. The normalized spacial score (nSPS) is 9.83. The highest BCUT2D eigenvalue weighted by Gasteiger charge is 2.14. The van der Waals surface area contributed by atoms with Crippen LogP contribution in [0, 0.1) is 10.1 Å². The molecular weight excluding hydrogens is 262 g/mol. The molecule has 1 rings (SSSR count). The monoisotopic (exact) mass is 273 g/mol. The summed E-state index contributed by atoms with van der Waals surface area (Å²) in [5.74, 6) is -0.898. The average molecular weight is 273 g/mol. The molecule has 0 spiro atoms. The Bertz CT molecular complexity index is 459. The summed E-state index contributed by atoms with van der Waals surface area (Å²) in [7, 11) is 0. The molecule has 0 radical (unpaired) electrons. The minimum atomic E-state index is -0.591. The van der Waals surface area contributed by atoms with E-state index in [2.05, 4.69) is 15.0 Å². The van der Waals surface area contributed by atoms with E-state index in [4.69, 9.17) is 0 Å². The molecule has 1 aromatic rings. The van der Waals surface area contributed by atoms with Gasteiger partial charge in [0.05, 0.1) is 18.0 Å². The molecule has 0 saturated heterocycles. The van der Waals surface area contributed by atoms with Crippen molar-refractivity contribution in [2.24, 2.45) is 0 Å². The topological polar surface area (TPSA) is 111 Å². The van der Waals surface area contributed by atoms with Gasteiger partial charge < -0.3 is 10.1 Å². The molecule has 0 aromatic carbocycles. The first kappa shape index (κ1) is 14.0. The van der Waals surface area contributed by atoms with Crippen LogP contribution in [0.1, 0.15) is 19.8 Å². The number of anilines is 1. The highest BCUT2D eigenvalue weighted by Crippen LogP contribution is 2.24. The predicted molar refractivity (Wildman–Crippen MR) is 63.3 cm³/mol. The van der Waals surface area contributed by atoms with Gasteiger partial charge in [0.2, 0.25) is 5.91 Å². The van der Waals surface area contributed by atoms with E-state index in [1.54, 1.807) is 6.92 Å². The first-order valence-electron chi connectivity index (χ1n) is 5.08. The van der Waals surface area contributed by atoms with E-state index in [0.717, 1.165) is 17.5 Å². The van der Waals surface area contributed by atoms with Crippen LogP contribution >= 0.6 is 11.3 Å². The minimum absolute atomic E-state index is 0.0346. The largest absolute Gasteiger partial charge is 0.466 e. The number of nitrogens with zero attached hydrogens (tertiary/aromatic N) is 2. The Kier molecular flexibility index (Phi) is 5.18. The maximum atomic E-state index is 11.4. The lowest BCUT2D eigenvalue weighted by atomic mass is 10.3. The third-order valence-electron chi connectivity index (χ3n) is 1.78. The molecule has 0 bridgehead atoms.